The van der Waals surface area contributed by atoms with Gasteiger partial charge in [0.2, 0.25) is 0 Å². The molecule has 0 aliphatic heterocycles. The van der Waals surface area contributed by atoms with E-state index in [4.69, 9.17) is 5.73 Å². The van der Waals surface area contributed by atoms with Crippen LogP contribution in [0.15, 0.2) is 11.4 Å². The molecular formula is C9H13F2NS. The zero-order valence-electron chi connectivity index (χ0n) is 7.63. The summed E-state index contributed by atoms with van der Waals surface area (Å²) in [5.41, 5.74) is 6.63. The zero-order valence-corrected chi connectivity index (χ0v) is 8.44. The van der Waals surface area contributed by atoms with E-state index < -0.39 is 6.43 Å². The highest BCUT2D eigenvalue weighted by atomic mass is 32.1. The summed E-state index contributed by atoms with van der Waals surface area (Å²) in [5.74, 6) is 0.278. The Hall–Kier alpha value is -0.480. The Labute approximate surface area is 80.6 Å². The van der Waals surface area contributed by atoms with Crippen LogP contribution in [0.4, 0.5) is 8.78 Å². The van der Waals surface area contributed by atoms with Crippen LogP contribution in [0.5, 0.6) is 0 Å². The first kappa shape index (κ1) is 10.6. The molecule has 1 nitrogen and oxygen atoms in total. The van der Waals surface area contributed by atoms with E-state index in [0.717, 1.165) is 16.9 Å². The number of rotatable bonds is 3. The van der Waals surface area contributed by atoms with Crippen molar-refractivity contribution in [2.45, 2.75) is 26.3 Å². The molecule has 2 N–H and O–H groups in total. The first-order chi connectivity index (χ1) is 6.02. The lowest BCUT2D eigenvalue weighted by Crippen LogP contribution is -2.15. The number of alkyl halides is 2. The van der Waals surface area contributed by atoms with Crippen LogP contribution in [0.25, 0.3) is 0 Å². The highest BCUT2D eigenvalue weighted by Crippen LogP contribution is 2.30. The van der Waals surface area contributed by atoms with Crippen molar-refractivity contribution in [3.63, 3.8) is 0 Å². The average Bonchev–Trinajstić information content (AvgIpc) is 2.50. The van der Waals surface area contributed by atoms with Crippen LogP contribution in [0.2, 0.25) is 0 Å². The molecule has 0 radical (unpaired) electrons. The molecule has 1 aromatic heterocycles. The molecule has 0 fully saturated rings. The fraction of sp³-hybridized carbons (Fsp3) is 0.556. The minimum Gasteiger partial charge on any atom is -0.324 e. The van der Waals surface area contributed by atoms with Crippen LogP contribution < -0.4 is 5.73 Å². The molecule has 74 valence electrons. The topological polar surface area (TPSA) is 26.0 Å². The Morgan fingerprint density at radius 1 is 1.38 bits per heavy atom. The molecular weight excluding hydrogens is 192 g/mol. The van der Waals surface area contributed by atoms with Gasteiger partial charge in [0.05, 0.1) is 4.88 Å². The standard InChI is InChI=1S/C9H13F2NS/c1-5(2)8(12)6-3-7(9(10)11)13-4-6/h3-5,8-9H,12H2,1-2H3/t8-/m1/s1. The Kier molecular flexibility index (Phi) is 3.39. The van der Waals surface area contributed by atoms with E-state index in [0.29, 0.717) is 0 Å². The van der Waals surface area contributed by atoms with Crippen molar-refractivity contribution < 1.29 is 8.78 Å². The fourth-order valence-electron chi connectivity index (χ4n) is 1.04. The van der Waals surface area contributed by atoms with Gasteiger partial charge in [-0.2, -0.15) is 0 Å². The van der Waals surface area contributed by atoms with Crippen molar-refractivity contribution >= 4 is 11.3 Å². The van der Waals surface area contributed by atoms with Crippen LogP contribution in [0.1, 0.15) is 36.8 Å². The van der Waals surface area contributed by atoms with E-state index in [1.165, 1.54) is 6.07 Å². The molecule has 0 aromatic carbocycles. The Balaban J connectivity index is 2.79. The van der Waals surface area contributed by atoms with Crippen molar-refractivity contribution in [3.8, 4) is 0 Å². The summed E-state index contributed by atoms with van der Waals surface area (Å²) in [6, 6.07) is 1.36. The van der Waals surface area contributed by atoms with Gasteiger partial charge < -0.3 is 5.73 Å². The van der Waals surface area contributed by atoms with Crippen molar-refractivity contribution in [3.05, 3.63) is 21.9 Å². The van der Waals surface area contributed by atoms with E-state index in [2.05, 4.69) is 0 Å². The molecule has 0 saturated carbocycles. The zero-order chi connectivity index (χ0) is 10.0. The summed E-state index contributed by atoms with van der Waals surface area (Å²) in [6.45, 7) is 3.95. The Morgan fingerprint density at radius 3 is 2.38 bits per heavy atom. The molecule has 0 bridgehead atoms. The monoisotopic (exact) mass is 205 g/mol. The van der Waals surface area contributed by atoms with Gasteiger partial charge in [-0.3, -0.25) is 0 Å². The molecule has 1 atom stereocenters. The van der Waals surface area contributed by atoms with E-state index in [1.54, 1.807) is 5.38 Å². The van der Waals surface area contributed by atoms with Gasteiger partial charge in [-0.15, -0.1) is 11.3 Å². The lowest BCUT2D eigenvalue weighted by Gasteiger charge is -2.13. The minimum atomic E-state index is -2.38. The number of halogens is 2. The third-order valence-electron chi connectivity index (χ3n) is 1.96. The molecule has 1 aromatic rings. The fourth-order valence-corrected chi connectivity index (χ4v) is 1.85. The third-order valence-corrected chi connectivity index (χ3v) is 2.92. The van der Waals surface area contributed by atoms with Gasteiger partial charge in [-0.25, -0.2) is 8.78 Å². The van der Waals surface area contributed by atoms with Crippen molar-refractivity contribution in [1.29, 1.82) is 0 Å². The predicted molar refractivity (Wildman–Crippen MR) is 51.0 cm³/mol. The molecule has 0 amide bonds. The molecule has 0 unspecified atom stereocenters. The largest absolute Gasteiger partial charge is 0.324 e. The first-order valence-electron chi connectivity index (χ1n) is 4.14. The predicted octanol–water partition coefficient (Wildman–Crippen LogP) is 3.34. The number of thiophene rings is 1. The third kappa shape index (κ3) is 2.48. The van der Waals surface area contributed by atoms with Gasteiger partial charge in [0.25, 0.3) is 6.43 Å². The van der Waals surface area contributed by atoms with Crippen molar-refractivity contribution in [1.82, 2.24) is 0 Å². The van der Waals surface area contributed by atoms with Gasteiger partial charge >= 0.3 is 0 Å². The maximum absolute atomic E-state index is 12.2. The molecule has 1 heterocycles. The highest BCUT2D eigenvalue weighted by molar-refractivity contribution is 7.10. The lowest BCUT2D eigenvalue weighted by atomic mass is 9.99. The molecule has 0 aliphatic carbocycles. The van der Waals surface area contributed by atoms with Gasteiger partial charge in [-0.05, 0) is 22.9 Å². The van der Waals surface area contributed by atoms with E-state index >= 15 is 0 Å². The molecule has 1 rings (SSSR count). The summed E-state index contributed by atoms with van der Waals surface area (Å²) >= 11 is 1.07. The lowest BCUT2D eigenvalue weighted by molar-refractivity contribution is 0.155. The molecule has 13 heavy (non-hydrogen) atoms. The number of hydrogen-bond donors (Lipinski definition) is 1. The maximum Gasteiger partial charge on any atom is 0.272 e. The second kappa shape index (κ2) is 4.15. The SMILES string of the molecule is CC(C)[C@@H](N)c1csc(C(F)F)c1. The van der Waals surface area contributed by atoms with Crippen molar-refractivity contribution in [2.75, 3.05) is 0 Å². The molecule has 0 spiro atoms. The maximum atomic E-state index is 12.2. The van der Waals surface area contributed by atoms with Crippen LogP contribution in [-0.4, -0.2) is 0 Å². The summed E-state index contributed by atoms with van der Waals surface area (Å²) in [4.78, 5) is 0.103. The van der Waals surface area contributed by atoms with Crippen molar-refractivity contribution in [2.24, 2.45) is 11.7 Å². The van der Waals surface area contributed by atoms with Crippen LogP contribution >= 0.6 is 11.3 Å². The average molecular weight is 205 g/mol. The van der Waals surface area contributed by atoms with E-state index in [9.17, 15) is 8.78 Å². The number of nitrogens with two attached hydrogens (primary N) is 1. The Bertz CT molecular complexity index is 270. The summed E-state index contributed by atoms with van der Waals surface area (Å²) < 4.78 is 24.4. The number of hydrogen-bond acceptors (Lipinski definition) is 2. The van der Waals surface area contributed by atoms with E-state index in [1.807, 2.05) is 13.8 Å². The Morgan fingerprint density at radius 2 is 2.00 bits per heavy atom. The second-order valence-corrected chi connectivity index (χ2v) is 4.30. The van der Waals surface area contributed by atoms with Crippen LogP contribution in [0.3, 0.4) is 0 Å². The summed E-state index contributed by atoms with van der Waals surface area (Å²) in [7, 11) is 0. The van der Waals surface area contributed by atoms with Gasteiger partial charge in [0, 0.05) is 6.04 Å². The first-order valence-corrected chi connectivity index (χ1v) is 5.02. The van der Waals surface area contributed by atoms with Gasteiger partial charge in [0.15, 0.2) is 0 Å². The summed E-state index contributed by atoms with van der Waals surface area (Å²) in [5, 5.41) is 1.71. The van der Waals surface area contributed by atoms with Gasteiger partial charge in [0.1, 0.15) is 0 Å². The van der Waals surface area contributed by atoms with E-state index in [-0.39, 0.29) is 16.8 Å². The van der Waals surface area contributed by atoms with Crippen LogP contribution in [-0.2, 0) is 0 Å². The summed E-state index contributed by atoms with van der Waals surface area (Å²) in [6.07, 6.45) is -2.38. The second-order valence-electron chi connectivity index (χ2n) is 3.35. The normalized spacial score (nSPS) is 14.1. The molecule has 0 saturated heterocycles. The van der Waals surface area contributed by atoms with Gasteiger partial charge in [-0.1, -0.05) is 13.8 Å². The quantitative estimate of drug-likeness (QED) is 0.804. The highest BCUT2D eigenvalue weighted by Gasteiger charge is 2.15. The molecule has 0 aliphatic rings. The smallest absolute Gasteiger partial charge is 0.272 e. The minimum absolute atomic E-state index is 0.103. The molecule has 4 heteroatoms. The van der Waals surface area contributed by atoms with Crippen LogP contribution in [0, 0.1) is 5.92 Å².